The summed E-state index contributed by atoms with van der Waals surface area (Å²) in [5.41, 5.74) is -3.58. The smallest absolute Gasteiger partial charge is 0.306 e. The van der Waals surface area contributed by atoms with Gasteiger partial charge in [0.15, 0.2) is 0 Å². The van der Waals surface area contributed by atoms with Gasteiger partial charge in [0, 0.05) is 35.6 Å². The number of carbonyl (C=O) groups is 4. The Morgan fingerprint density at radius 3 is 2.60 bits per heavy atom. The molecule has 13 nitrogen and oxygen atoms in total. The zero-order chi connectivity index (χ0) is 41.1. The molecular formula is C41H52F2N4O9S. The lowest BCUT2D eigenvalue weighted by molar-refractivity contribution is -0.153. The van der Waals surface area contributed by atoms with E-state index in [1.807, 2.05) is 12.2 Å². The van der Waals surface area contributed by atoms with E-state index in [4.69, 9.17) is 14.2 Å². The van der Waals surface area contributed by atoms with E-state index >= 15 is 4.39 Å². The Kier molecular flexibility index (Phi) is 10.6. The number of fused-ring (bicyclic) bond motifs is 5. The number of aromatic nitrogens is 1. The van der Waals surface area contributed by atoms with Gasteiger partial charge in [-0.05, 0) is 84.4 Å². The fourth-order valence-electron chi connectivity index (χ4n) is 8.48. The third-order valence-electron chi connectivity index (χ3n) is 12.3. The molecule has 2 saturated carbocycles. The number of esters is 1. The van der Waals surface area contributed by atoms with Crippen molar-refractivity contribution in [2.45, 2.75) is 132 Å². The molecule has 0 radical (unpaired) electrons. The van der Waals surface area contributed by atoms with E-state index in [9.17, 15) is 32.0 Å². The molecule has 3 fully saturated rings. The van der Waals surface area contributed by atoms with Crippen LogP contribution in [0.3, 0.4) is 0 Å². The van der Waals surface area contributed by atoms with Crippen LogP contribution in [0.5, 0.6) is 11.5 Å². The maximum atomic E-state index is 16.8. The van der Waals surface area contributed by atoms with Crippen LogP contribution in [0, 0.1) is 18.8 Å². The third-order valence-corrected chi connectivity index (χ3v) is 14.4. The van der Waals surface area contributed by atoms with Crippen LogP contribution in [0.25, 0.3) is 10.9 Å². The number of aryl methyl sites for hydroxylation is 1. The number of ether oxygens (including phenoxy) is 3. The highest BCUT2D eigenvalue weighted by Crippen LogP contribution is 2.52. The molecule has 57 heavy (non-hydrogen) atoms. The number of amides is 3. The van der Waals surface area contributed by atoms with E-state index in [1.54, 1.807) is 32.0 Å². The van der Waals surface area contributed by atoms with Crippen LogP contribution in [0.15, 0.2) is 30.4 Å². The standard InChI is InChI=1S/C41H52F2N4O9S/c1-24-34-33(28-18-27(54-5)13-14-30(28)44-24)29(42)20-40(56-34)21-31-35(49)45-41(37(51)46-57(52,53)39(4)15-16-39)19-26(41)12-10-8-6-7-9-11-25(36(50)47(31)22-40)17-32(48)55-23-38(2,3)43/h10,12-14,18,25-26,29,31H,6-9,11,15-17,19-23H2,1-5H3,(H,45,49)(H,46,51)/b12-10-/t25-,26-,29-,31+,40-,41-/m1/s1. The van der Waals surface area contributed by atoms with Crippen LogP contribution in [0.2, 0.25) is 0 Å². The predicted octanol–water partition coefficient (Wildman–Crippen LogP) is 5.38. The van der Waals surface area contributed by atoms with E-state index in [0.717, 1.165) is 6.42 Å². The number of nitrogens with one attached hydrogen (secondary N) is 2. The summed E-state index contributed by atoms with van der Waals surface area (Å²) in [6.45, 7) is 5.07. The monoisotopic (exact) mass is 814 g/mol. The van der Waals surface area contributed by atoms with Crippen molar-refractivity contribution in [2.24, 2.45) is 11.8 Å². The van der Waals surface area contributed by atoms with Crippen molar-refractivity contribution in [1.29, 1.82) is 0 Å². The molecule has 0 unspecified atom stereocenters. The molecule has 7 rings (SSSR count). The molecule has 6 atom stereocenters. The van der Waals surface area contributed by atoms with Crippen LogP contribution >= 0.6 is 0 Å². The van der Waals surface area contributed by atoms with Gasteiger partial charge in [-0.25, -0.2) is 22.2 Å². The van der Waals surface area contributed by atoms with Crippen LogP contribution in [-0.2, 0) is 33.9 Å². The lowest BCUT2D eigenvalue weighted by Gasteiger charge is -2.38. The van der Waals surface area contributed by atoms with E-state index in [0.29, 0.717) is 54.5 Å². The number of nitrogens with zero attached hydrogens (tertiary/aromatic N) is 2. The Morgan fingerprint density at radius 1 is 1.14 bits per heavy atom. The molecule has 3 aliphatic heterocycles. The summed E-state index contributed by atoms with van der Waals surface area (Å²) in [5, 5.41) is 3.35. The van der Waals surface area contributed by atoms with E-state index < -0.39 is 85.9 Å². The molecule has 2 N–H and O–H groups in total. The molecule has 4 heterocycles. The average molecular weight is 815 g/mol. The topological polar surface area (TPSA) is 170 Å². The van der Waals surface area contributed by atoms with Crippen molar-refractivity contribution >= 4 is 44.6 Å². The van der Waals surface area contributed by atoms with Gasteiger partial charge in [-0.2, -0.15) is 0 Å². The first-order chi connectivity index (χ1) is 26.8. The molecule has 1 saturated heterocycles. The van der Waals surface area contributed by atoms with E-state index in [1.165, 1.54) is 25.9 Å². The molecular weight excluding hydrogens is 763 g/mol. The van der Waals surface area contributed by atoms with Gasteiger partial charge in [0.1, 0.15) is 47.1 Å². The van der Waals surface area contributed by atoms with Gasteiger partial charge in [-0.3, -0.25) is 23.9 Å². The van der Waals surface area contributed by atoms with Gasteiger partial charge < -0.3 is 24.4 Å². The lowest BCUT2D eigenvalue weighted by atomic mass is 9.86. The number of methoxy groups -OCH3 is 1. The van der Waals surface area contributed by atoms with Gasteiger partial charge >= 0.3 is 5.97 Å². The average Bonchev–Trinajstić information content (AvgIpc) is 4.03. The minimum Gasteiger partial charge on any atom is -0.497 e. The molecule has 1 aromatic heterocycles. The highest BCUT2D eigenvalue weighted by Gasteiger charge is 2.64. The number of pyridine rings is 1. The summed E-state index contributed by atoms with van der Waals surface area (Å²) < 4.78 is 75.9. The predicted molar refractivity (Wildman–Crippen MR) is 205 cm³/mol. The molecule has 0 bridgehead atoms. The Hall–Kier alpha value is -4.34. The number of carbonyl (C=O) groups excluding carboxylic acids is 4. The van der Waals surface area contributed by atoms with Crippen molar-refractivity contribution in [1.82, 2.24) is 19.9 Å². The second-order valence-corrected chi connectivity index (χ2v) is 19.7. The molecule has 3 amide bonds. The SMILES string of the molecule is COc1ccc2nc(C)c3c(c2c1)[C@H](F)C[C@]1(C[C@H]2C(=O)N[C@]4(C(=O)NS(=O)(=O)C5(C)CC5)C[C@H]4/C=C\CCCCC[C@H](CC(=O)OCC(C)(C)F)C(=O)N2C1)O3. The van der Waals surface area contributed by atoms with E-state index in [2.05, 4.69) is 15.0 Å². The summed E-state index contributed by atoms with van der Waals surface area (Å²) in [6, 6.07) is 3.86. The number of benzene rings is 1. The highest BCUT2D eigenvalue weighted by molar-refractivity contribution is 7.91. The Bertz CT molecular complexity index is 2120. The number of halogens is 2. The van der Waals surface area contributed by atoms with Crippen molar-refractivity contribution in [3.05, 3.63) is 41.6 Å². The summed E-state index contributed by atoms with van der Waals surface area (Å²) in [4.78, 5) is 62.3. The lowest BCUT2D eigenvalue weighted by Crippen LogP contribution is -2.57. The Labute approximate surface area is 331 Å². The van der Waals surface area contributed by atoms with Crippen LogP contribution in [0.4, 0.5) is 8.78 Å². The van der Waals surface area contributed by atoms with Crippen LogP contribution in [0.1, 0.15) is 109 Å². The second-order valence-electron chi connectivity index (χ2n) is 17.5. The molecule has 5 aliphatic rings. The minimum absolute atomic E-state index is 0.135. The first kappa shape index (κ1) is 40.8. The summed E-state index contributed by atoms with van der Waals surface area (Å²) in [6.07, 6.45) is 5.21. The van der Waals surface area contributed by atoms with E-state index in [-0.39, 0.29) is 50.0 Å². The van der Waals surface area contributed by atoms with Gasteiger partial charge in [0.05, 0.1) is 36.0 Å². The summed E-state index contributed by atoms with van der Waals surface area (Å²) in [5.74, 6) is -3.70. The second kappa shape index (κ2) is 14.8. The fraction of sp³-hybridized carbons (Fsp3) is 0.634. The molecule has 310 valence electrons. The zero-order valence-electron chi connectivity index (χ0n) is 33.1. The van der Waals surface area contributed by atoms with Crippen LogP contribution < -0.4 is 19.5 Å². The molecule has 2 aromatic rings. The summed E-state index contributed by atoms with van der Waals surface area (Å²) >= 11 is 0. The molecule has 1 spiro atoms. The Balaban J connectivity index is 1.25. The maximum Gasteiger partial charge on any atom is 0.306 e. The first-order valence-corrected chi connectivity index (χ1v) is 21.3. The minimum atomic E-state index is -4.05. The van der Waals surface area contributed by atoms with Crippen LogP contribution in [-0.4, -0.2) is 89.9 Å². The normalized spacial score (nSPS) is 30.4. The largest absolute Gasteiger partial charge is 0.497 e. The zero-order valence-corrected chi connectivity index (χ0v) is 33.9. The van der Waals surface area contributed by atoms with Crippen molar-refractivity contribution in [3.8, 4) is 11.5 Å². The molecule has 16 heteroatoms. The number of alkyl halides is 2. The number of hydrogen-bond donors (Lipinski definition) is 2. The molecule has 1 aromatic carbocycles. The fourth-order valence-corrected chi connectivity index (χ4v) is 9.79. The maximum absolute atomic E-state index is 16.8. The van der Waals surface area contributed by atoms with Crippen molar-refractivity contribution in [2.75, 3.05) is 20.3 Å². The Morgan fingerprint density at radius 2 is 1.89 bits per heavy atom. The highest BCUT2D eigenvalue weighted by atomic mass is 32.2. The molecule has 2 aliphatic carbocycles. The van der Waals surface area contributed by atoms with Gasteiger partial charge in [-0.1, -0.05) is 25.0 Å². The van der Waals surface area contributed by atoms with Gasteiger partial charge in [0.2, 0.25) is 21.8 Å². The first-order valence-electron chi connectivity index (χ1n) is 19.8. The number of allylic oxidation sites excluding steroid dienone is 1. The summed E-state index contributed by atoms with van der Waals surface area (Å²) in [7, 11) is -2.55. The number of sulfonamides is 1. The van der Waals surface area contributed by atoms with Gasteiger partial charge in [0.25, 0.3) is 5.91 Å². The quantitative estimate of drug-likeness (QED) is 0.261. The van der Waals surface area contributed by atoms with Crippen molar-refractivity contribution < 1.29 is 50.6 Å². The van der Waals surface area contributed by atoms with Gasteiger partial charge in [-0.15, -0.1) is 0 Å². The number of hydrogen-bond acceptors (Lipinski definition) is 10. The number of rotatable bonds is 8. The third kappa shape index (κ3) is 8.07. The van der Waals surface area contributed by atoms with Crippen molar-refractivity contribution in [3.63, 3.8) is 0 Å².